The zero-order valence-electron chi connectivity index (χ0n) is 6.05. The lowest BCUT2D eigenvalue weighted by atomic mass is 10.4. The molecule has 58 valence electrons. The van der Waals surface area contributed by atoms with Crippen molar-refractivity contribution in [1.82, 2.24) is 4.98 Å². The fraction of sp³-hybridized carbons (Fsp3) is 0.375. The maximum absolute atomic E-state index is 4.04. The first kappa shape index (κ1) is 7.10. The van der Waals surface area contributed by atoms with Crippen molar-refractivity contribution < 1.29 is 0 Å². The van der Waals surface area contributed by atoms with Crippen molar-refractivity contribution in [3.05, 3.63) is 22.9 Å². The van der Waals surface area contributed by atoms with Crippen LogP contribution in [0, 0.1) is 0 Å². The van der Waals surface area contributed by atoms with Gasteiger partial charge in [0.05, 0.1) is 0 Å². The number of rotatable bonds is 2. The normalized spacial score (nSPS) is 16.5. The quantitative estimate of drug-likeness (QED) is 0.763. The molecule has 1 aromatic rings. The van der Waals surface area contributed by atoms with Gasteiger partial charge in [-0.25, -0.2) is 4.98 Å². The van der Waals surface area contributed by atoms with Crippen molar-refractivity contribution in [2.45, 2.75) is 18.9 Å². The minimum absolute atomic E-state index is 0.712. The predicted octanol–water partition coefficient (Wildman–Crippen LogP) is 2.42. The molecule has 0 radical (unpaired) electrons. The first-order valence-corrected chi connectivity index (χ1v) is 4.52. The monoisotopic (exact) mass is 212 g/mol. The lowest BCUT2D eigenvalue weighted by Crippen LogP contribution is -2.00. The van der Waals surface area contributed by atoms with E-state index in [1.807, 2.05) is 12.1 Å². The molecular weight excluding hydrogens is 204 g/mol. The topological polar surface area (TPSA) is 24.9 Å². The van der Waals surface area contributed by atoms with Crippen LogP contribution in [0.3, 0.4) is 0 Å². The molecule has 0 aliphatic heterocycles. The first-order valence-electron chi connectivity index (χ1n) is 3.73. The molecule has 0 aromatic carbocycles. The average Bonchev–Trinajstić information content (AvgIpc) is 2.71. The molecular formula is C8H9BrN2. The van der Waals surface area contributed by atoms with Gasteiger partial charge in [-0.3, -0.25) is 0 Å². The molecule has 1 saturated carbocycles. The van der Waals surface area contributed by atoms with E-state index in [9.17, 15) is 0 Å². The largest absolute Gasteiger partial charge is 0.382 e. The Bertz CT molecular complexity index is 258. The van der Waals surface area contributed by atoms with Crippen LogP contribution in [0.4, 0.5) is 5.69 Å². The molecule has 1 aliphatic rings. The average molecular weight is 213 g/mol. The van der Waals surface area contributed by atoms with Crippen LogP contribution in [0.2, 0.25) is 0 Å². The van der Waals surface area contributed by atoms with E-state index in [1.54, 1.807) is 6.20 Å². The summed E-state index contributed by atoms with van der Waals surface area (Å²) in [7, 11) is 0. The predicted molar refractivity (Wildman–Crippen MR) is 48.6 cm³/mol. The van der Waals surface area contributed by atoms with E-state index in [0.29, 0.717) is 6.04 Å². The molecule has 1 fully saturated rings. The molecule has 0 unspecified atom stereocenters. The van der Waals surface area contributed by atoms with Crippen LogP contribution in [-0.4, -0.2) is 11.0 Å². The van der Waals surface area contributed by atoms with Crippen LogP contribution in [0.1, 0.15) is 12.8 Å². The van der Waals surface area contributed by atoms with Gasteiger partial charge >= 0.3 is 0 Å². The van der Waals surface area contributed by atoms with Crippen molar-refractivity contribution in [3.8, 4) is 0 Å². The van der Waals surface area contributed by atoms with Crippen LogP contribution in [0.25, 0.3) is 0 Å². The Kier molecular flexibility index (Phi) is 1.82. The summed E-state index contributed by atoms with van der Waals surface area (Å²) in [6.07, 6.45) is 4.41. The second-order valence-corrected chi connectivity index (χ2v) is 3.60. The minimum atomic E-state index is 0.712. The maximum Gasteiger partial charge on any atom is 0.108 e. The lowest BCUT2D eigenvalue weighted by molar-refractivity contribution is 1.14. The number of hydrogen-bond acceptors (Lipinski definition) is 2. The van der Waals surface area contributed by atoms with Gasteiger partial charge in [-0.15, -0.1) is 0 Å². The van der Waals surface area contributed by atoms with Crippen molar-refractivity contribution in [2.75, 3.05) is 5.32 Å². The summed E-state index contributed by atoms with van der Waals surface area (Å²) in [5, 5.41) is 3.39. The van der Waals surface area contributed by atoms with E-state index in [4.69, 9.17) is 0 Å². The zero-order chi connectivity index (χ0) is 7.68. The summed E-state index contributed by atoms with van der Waals surface area (Å²) in [5.41, 5.74) is 1.16. The molecule has 1 aliphatic carbocycles. The molecule has 11 heavy (non-hydrogen) atoms. The second-order valence-electron chi connectivity index (χ2n) is 2.79. The van der Waals surface area contributed by atoms with Crippen molar-refractivity contribution in [1.29, 1.82) is 0 Å². The number of aromatic nitrogens is 1. The summed E-state index contributed by atoms with van der Waals surface area (Å²) < 4.78 is 0.892. The third-order valence-corrected chi connectivity index (χ3v) is 2.11. The fourth-order valence-electron chi connectivity index (χ4n) is 0.956. The van der Waals surface area contributed by atoms with E-state index in [2.05, 4.69) is 26.2 Å². The van der Waals surface area contributed by atoms with Gasteiger partial charge in [0.15, 0.2) is 0 Å². The van der Waals surface area contributed by atoms with Crippen LogP contribution in [0.5, 0.6) is 0 Å². The van der Waals surface area contributed by atoms with Gasteiger partial charge in [-0.2, -0.15) is 0 Å². The second kappa shape index (κ2) is 2.81. The summed E-state index contributed by atoms with van der Waals surface area (Å²) in [6.45, 7) is 0. The fourth-order valence-corrected chi connectivity index (χ4v) is 1.32. The van der Waals surface area contributed by atoms with Gasteiger partial charge in [-0.05, 0) is 40.9 Å². The molecule has 3 heteroatoms. The number of nitrogens with one attached hydrogen (secondary N) is 1. The summed E-state index contributed by atoms with van der Waals surface area (Å²) >= 11 is 3.32. The SMILES string of the molecule is Brc1cc(NC2CC2)ccn1. The number of halogens is 1. The molecule has 2 nitrogen and oxygen atoms in total. The Morgan fingerprint density at radius 1 is 1.55 bits per heavy atom. The number of hydrogen-bond donors (Lipinski definition) is 1. The lowest BCUT2D eigenvalue weighted by Gasteiger charge is -2.02. The highest BCUT2D eigenvalue weighted by Gasteiger charge is 2.20. The minimum Gasteiger partial charge on any atom is -0.382 e. The van der Waals surface area contributed by atoms with Gasteiger partial charge in [0.1, 0.15) is 4.60 Å². The van der Waals surface area contributed by atoms with Gasteiger partial charge in [0.25, 0.3) is 0 Å². The highest BCUT2D eigenvalue weighted by Crippen LogP contribution is 2.25. The highest BCUT2D eigenvalue weighted by atomic mass is 79.9. The number of anilines is 1. The number of pyridine rings is 1. The Labute approximate surface area is 74.2 Å². The molecule has 0 bridgehead atoms. The van der Waals surface area contributed by atoms with Crippen molar-refractivity contribution in [2.24, 2.45) is 0 Å². The van der Waals surface area contributed by atoms with E-state index < -0.39 is 0 Å². The molecule has 2 rings (SSSR count). The standard InChI is InChI=1S/C8H9BrN2/c9-8-5-7(3-4-10-8)11-6-1-2-6/h3-6H,1-2H2,(H,10,11). The third-order valence-electron chi connectivity index (χ3n) is 1.67. The molecule has 0 atom stereocenters. The Morgan fingerprint density at radius 2 is 2.36 bits per heavy atom. The molecule has 0 spiro atoms. The molecule has 0 saturated heterocycles. The van der Waals surface area contributed by atoms with Gasteiger partial charge in [-0.1, -0.05) is 0 Å². The van der Waals surface area contributed by atoms with Crippen LogP contribution in [0.15, 0.2) is 22.9 Å². The first-order chi connectivity index (χ1) is 5.34. The van der Waals surface area contributed by atoms with E-state index in [1.165, 1.54) is 12.8 Å². The van der Waals surface area contributed by atoms with E-state index >= 15 is 0 Å². The van der Waals surface area contributed by atoms with Crippen molar-refractivity contribution in [3.63, 3.8) is 0 Å². The van der Waals surface area contributed by atoms with E-state index in [0.717, 1.165) is 10.3 Å². The Balaban J connectivity index is 2.10. The summed E-state index contributed by atoms with van der Waals surface area (Å²) in [5.74, 6) is 0. The molecule has 1 heterocycles. The zero-order valence-corrected chi connectivity index (χ0v) is 7.63. The molecule has 1 aromatic heterocycles. The smallest absolute Gasteiger partial charge is 0.108 e. The maximum atomic E-state index is 4.04. The van der Waals surface area contributed by atoms with Crippen LogP contribution < -0.4 is 5.32 Å². The summed E-state index contributed by atoms with van der Waals surface area (Å²) in [6, 6.07) is 4.70. The van der Waals surface area contributed by atoms with Gasteiger partial charge < -0.3 is 5.32 Å². The third kappa shape index (κ3) is 1.93. The summed E-state index contributed by atoms with van der Waals surface area (Å²) in [4.78, 5) is 4.04. The van der Waals surface area contributed by atoms with Crippen LogP contribution in [-0.2, 0) is 0 Å². The number of nitrogens with zero attached hydrogens (tertiary/aromatic N) is 1. The van der Waals surface area contributed by atoms with Crippen molar-refractivity contribution >= 4 is 21.6 Å². The highest BCUT2D eigenvalue weighted by molar-refractivity contribution is 9.10. The van der Waals surface area contributed by atoms with Gasteiger partial charge in [0.2, 0.25) is 0 Å². The Hall–Kier alpha value is -0.570. The van der Waals surface area contributed by atoms with Gasteiger partial charge in [0, 0.05) is 17.9 Å². The van der Waals surface area contributed by atoms with Crippen LogP contribution >= 0.6 is 15.9 Å². The Morgan fingerprint density at radius 3 is 3.00 bits per heavy atom. The van der Waals surface area contributed by atoms with E-state index in [-0.39, 0.29) is 0 Å². The molecule has 0 amide bonds. The molecule has 1 N–H and O–H groups in total.